The van der Waals surface area contributed by atoms with Crippen molar-refractivity contribution in [2.75, 3.05) is 33.4 Å². The Morgan fingerprint density at radius 1 is 1.21 bits per heavy atom. The van der Waals surface area contributed by atoms with Gasteiger partial charge in [0.1, 0.15) is 0 Å². The van der Waals surface area contributed by atoms with Crippen molar-refractivity contribution in [3.63, 3.8) is 0 Å². The van der Waals surface area contributed by atoms with Crippen molar-refractivity contribution < 1.29 is 4.74 Å². The Balaban J connectivity index is 3.27. The second-order valence-corrected chi connectivity index (χ2v) is 4.36. The molecule has 3 nitrogen and oxygen atoms in total. The lowest BCUT2D eigenvalue weighted by Crippen LogP contribution is -2.37. The molecule has 0 aromatic rings. The minimum Gasteiger partial charge on any atom is -0.380 e. The monoisotopic (exact) mass is 202 g/mol. The smallest absolute Gasteiger partial charge is 0.0593 e. The highest BCUT2D eigenvalue weighted by atomic mass is 16.5. The molecule has 86 valence electrons. The Morgan fingerprint density at radius 2 is 1.86 bits per heavy atom. The molecule has 0 aliphatic rings. The summed E-state index contributed by atoms with van der Waals surface area (Å²) in [6, 6.07) is 0.448. The van der Waals surface area contributed by atoms with E-state index in [-0.39, 0.29) is 0 Å². The highest BCUT2D eigenvalue weighted by molar-refractivity contribution is 4.62. The van der Waals surface area contributed by atoms with Gasteiger partial charge in [-0.3, -0.25) is 0 Å². The molecule has 0 saturated heterocycles. The molecule has 2 N–H and O–H groups in total. The average molecular weight is 202 g/mol. The van der Waals surface area contributed by atoms with Gasteiger partial charge in [-0.1, -0.05) is 13.8 Å². The van der Waals surface area contributed by atoms with Crippen LogP contribution in [0.4, 0.5) is 0 Å². The first kappa shape index (κ1) is 13.9. The second kappa shape index (κ2) is 8.21. The van der Waals surface area contributed by atoms with Crippen molar-refractivity contribution in [2.24, 2.45) is 11.7 Å². The first-order chi connectivity index (χ1) is 6.57. The molecule has 0 fully saturated rings. The fraction of sp³-hybridized carbons (Fsp3) is 1.00. The molecule has 0 aromatic carbocycles. The van der Waals surface area contributed by atoms with Gasteiger partial charge in [-0.2, -0.15) is 0 Å². The first-order valence-electron chi connectivity index (χ1n) is 5.56. The van der Waals surface area contributed by atoms with Crippen LogP contribution in [0, 0.1) is 5.92 Å². The van der Waals surface area contributed by atoms with E-state index in [0.717, 1.165) is 32.1 Å². The van der Waals surface area contributed by atoms with Crippen LogP contribution in [0.1, 0.15) is 27.2 Å². The molecular formula is C11H26N2O. The van der Waals surface area contributed by atoms with E-state index in [1.807, 2.05) is 0 Å². The largest absolute Gasteiger partial charge is 0.380 e. The van der Waals surface area contributed by atoms with Gasteiger partial charge in [-0.25, -0.2) is 0 Å². The van der Waals surface area contributed by atoms with Crippen LogP contribution >= 0.6 is 0 Å². The molecule has 0 heterocycles. The Bertz CT molecular complexity index is 128. The third-order valence-corrected chi connectivity index (χ3v) is 2.52. The zero-order chi connectivity index (χ0) is 11.0. The van der Waals surface area contributed by atoms with Gasteiger partial charge < -0.3 is 15.4 Å². The van der Waals surface area contributed by atoms with Crippen LogP contribution in [0.15, 0.2) is 0 Å². The summed E-state index contributed by atoms with van der Waals surface area (Å²) in [5.74, 6) is 0.732. The average Bonchev–Trinajstić information content (AvgIpc) is 2.15. The van der Waals surface area contributed by atoms with Crippen LogP contribution in [-0.4, -0.2) is 44.3 Å². The standard InChI is InChI=1S/C11H26N2O/c1-10(2)5-7-14-8-6-13(4)11(3)9-12/h10-11H,5-9,12H2,1-4H3. The van der Waals surface area contributed by atoms with E-state index in [9.17, 15) is 0 Å². The Morgan fingerprint density at radius 3 is 2.36 bits per heavy atom. The molecule has 3 heteroatoms. The van der Waals surface area contributed by atoms with Crippen molar-refractivity contribution in [2.45, 2.75) is 33.2 Å². The van der Waals surface area contributed by atoms with Crippen molar-refractivity contribution in [1.82, 2.24) is 4.90 Å². The Kier molecular flexibility index (Phi) is 8.14. The van der Waals surface area contributed by atoms with Gasteiger partial charge in [0.15, 0.2) is 0 Å². The zero-order valence-electron chi connectivity index (χ0n) is 10.1. The molecular weight excluding hydrogens is 176 g/mol. The predicted octanol–water partition coefficient (Wildman–Crippen LogP) is 1.33. The number of ether oxygens (including phenoxy) is 1. The number of hydrogen-bond donors (Lipinski definition) is 1. The van der Waals surface area contributed by atoms with Crippen LogP contribution in [0.2, 0.25) is 0 Å². The molecule has 0 saturated carbocycles. The van der Waals surface area contributed by atoms with Crippen molar-refractivity contribution >= 4 is 0 Å². The number of hydrogen-bond acceptors (Lipinski definition) is 3. The molecule has 0 aromatic heterocycles. The van der Waals surface area contributed by atoms with E-state index in [1.165, 1.54) is 0 Å². The molecule has 0 spiro atoms. The summed E-state index contributed by atoms with van der Waals surface area (Å²) >= 11 is 0. The van der Waals surface area contributed by atoms with Gasteiger partial charge in [-0.15, -0.1) is 0 Å². The molecule has 0 amide bonds. The van der Waals surface area contributed by atoms with E-state index in [4.69, 9.17) is 10.5 Å². The maximum absolute atomic E-state index is 5.56. The number of nitrogens with zero attached hydrogens (tertiary/aromatic N) is 1. The van der Waals surface area contributed by atoms with E-state index < -0.39 is 0 Å². The minimum atomic E-state index is 0.448. The fourth-order valence-electron chi connectivity index (χ4n) is 1.03. The predicted molar refractivity (Wildman–Crippen MR) is 61.4 cm³/mol. The van der Waals surface area contributed by atoms with Crippen molar-refractivity contribution in [1.29, 1.82) is 0 Å². The molecule has 0 aliphatic heterocycles. The minimum absolute atomic E-state index is 0.448. The van der Waals surface area contributed by atoms with E-state index in [2.05, 4.69) is 32.7 Å². The van der Waals surface area contributed by atoms with E-state index >= 15 is 0 Å². The maximum atomic E-state index is 5.56. The fourth-order valence-corrected chi connectivity index (χ4v) is 1.03. The van der Waals surface area contributed by atoms with Gasteiger partial charge in [0, 0.05) is 25.7 Å². The molecule has 0 rings (SSSR count). The Hall–Kier alpha value is -0.120. The maximum Gasteiger partial charge on any atom is 0.0593 e. The van der Waals surface area contributed by atoms with Gasteiger partial charge in [0.25, 0.3) is 0 Å². The summed E-state index contributed by atoms with van der Waals surface area (Å²) in [6.07, 6.45) is 1.15. The van der Waals surface area contributed by atoms with Gasteiger partial charge in [-0.05, 0) is 26.3 Å². The molecule has 1 atom stereocenters. The topological polar surface area (TPSA) is 38.5 Å². The highest BCUT2D eigenvalue weighted by Gasteiger charge is 2.05. The number of rotatable bonds is 8. The van der Waals surface area contributed by atoms with E-state index in [1.54, 1.807) is 0 Å². The Labute approximate surface area is 88.6 Å². The number of nitrogens with two attached hydrogens (primary N) is 1. The quantitative estimate of drug-likeness (QED) is 0.603. The van der Waals surface area contributed by atoms with Crippen LogP contribution < -0.4 is 5.73 Å². The first-order valence-corrected chi connectivity index (χ1v) is 5.56. The summed E-state index contributed by atoms with van der Waals surface area (Å²) in [6.45, 7) is 9.93. The molecule has 0 radical (unpaired) electrons. The zero-order valence-corrected chi connectivity index (χ0v) is 10.1. The molecule has 0 bridgehead atoms. The van der Waals surface area contributed by atoms with Crippen molar-refractivity contribution in [3.05, 3.63) is 0 Å². The molecule has 14 heavy (non-hydrogen) atoms. The lowest BCUT2D eigenvalue weighted by molar-refractivity contribution is 0.0945. The molecule has 1 unspecified atom stereocenters. The van der Waals surface area contributed by atoms with Crippen LogP contribution in [0.3, 0.4) is 0 Å². The summed E-state index contributed by atoms with van der Waals surface area (Å²) in [5, 5.41) is 0. The normalized spacial score (nSPS) is 13.9. The lowest BCUT2D eigenvalue weighted by atomic mass is 10.1. The highest BCUT2D eigenvalue weighted by Crippen LogP contribution is 1.99. The summed E-state index contributed by atoms with van der Waals surface area (Å²) in [4.78, 5) is 2.23. The van der Waals surface area contributed by atoms with Gasteiger partial charge in [0.05, 0.1) is 6.61 Å². The summed E-state index contributed by atoms with van der Waals surface area (Å²) in [7, 11) is 2.09. The SMILES string of the molecule is CC(C)CCOCCN(C)C(C)CN. The second-order valence-electron chi connectivity index (χ2n) is 4.36. The lowest BCUT2D eigenvalue weighted by Gasteiger charge is -2.23. The number of likely N-dealkylation sites (N-methyl/N-ethyl adjacent to an activating group) is 1. The molecule has 0 aliphatic carbocycles. The third-order valence-electron chi connectivity index (χ3n) is 2.52. The van der Waals surface area contributed by atoms with Crippen molar-refractivity contribution in [3.8, 4) is 0 Å². The van der Waals surface area contributed by atoms with Crippen LogP contribution in [0.25, 0.3) is 0 Å². The van der Waals surface area contributed by atoms with E-state index in [0.29, 0.717) is 12.6 Å². The van der Waals surface area contributed by atoms with Gasteiger partial charge in [0.2, 0.25) is 0 Å². The van der Waals surface area contributed by atoms with Crippen LogP contribution in [-0.2, 0) is 4.74 Å². The van der Waals surface area contributed by atoms with Gasteiger partial charge >= 0.3 is 0 Å². The summed E-state index contributed by atoms with van der Waals surface area (Å²) < 4.78 is 5.53. The van der Waals surface area contributed by atoms with Crippen LogP contribution in [0.5, 0.6) is 0 Å². The third kappa shape index (κ3) is 7.30. The summed E-state index contributed by atoms with van der Waals surface area (Å²) in [5.41, 5.74) is 5.56.